The van der Waals surface area contributed by atoms with Crippen LogP contribution >= 0.6 is 11.3 Å². The van der Waals surface area contributed by atoms with Crippen LogP contribution in [0.15, 0.2) is 60.2 Å². The molecule has 1 amide bonds. The van der Waals surface area contributed by atoms with Crippen molar-refractivity contribution < 1.29 is 4.79 Å². The second-order valence-corrected chi connectivity index (χ2v) is 7.46. The van der Waals surface area contributed by atoms with E-state index in [-0.39, 0.29) is 5.91 Å². The number of hydrogen-bond acceptors (Lipinski definition) is 4. The van der Waals surface area contributed by atoms with E-state index in [1.54, 1.807) is 16.3 Å². The predicted molar refractivity (Wildman–Crippen MR) is 107 cm³/mol. The molecule has 5 rings (SSSR count). The summed E-state index contributed by atoms with van der Waals surface area (Å²) >= 11 is 1.44. The van der Waals surface area contributed by atoms with Gasteiger partial charge in [-0.3, -0.25) is 9.48 Å². The molecule has 0 spiro atoms. The summed E-state index contributed by atoms with van der Waals surface area (Å²) in [6.07, 6.45) is 4.54. The molecule has 1 aliphatic rings. The second-order valence-electron chi connectivity index (χ2n) is 6.60. The highest BCUT2D eigenvalue weighted by Gasteiger charge is 2.19. The van der Waals surface area contributed by atoms with Crippen molar-refractivity contribution in [1.82, 2.24) is 14.8 Å². The minimum absolute atomic E-state index is 0.197. The molecule has 0 saturated carbocycles. The van der Waals surface area contributed by atoms with Crippen LogP contribution < -0.4 is 5.32 Å². The van der Waals surface area contributed by atoms with E-state index in [0.717, 1.165) is 22.7 Å². The van der Waals surface area contributed by atoms with E-state index in [1.807, 2.05) is 19.3 Å². The van der Waals surface area contributed by atoms with Crippen molar-refractivity contribution in [1.29, 1.82) is 0 Å². The average molecular weight is 372 g/mol. The molecule has 0 bridgehead atoms. The lowest BCUT2D eigenvalue weighted by atomic mass is 10.1. The molecule has 0 atom stereocenters. The van der Waals surface area contributed by atoms with Crippen molar-refractivity contribution in [2.24, 2.45) is 7.05 Å². The van der Waals surface area contributed by atoms with Crippen LogP contribution in [0.3, 0.4) is 0 Å². The molecule has 132 valence electrons. The molecular weight excluding hydrogens is 356 g/mol. The Kier molecular flexibility index (Phi) is 3.65. The third-order valence-corrected chi connectivity index (χ3v) is 5.63. The van der Waals surface area contributed by atoms with Gasteiger partial charge >= 0.3 is 0 Å². The van der Waals surface area contributed by atoms with E-state index in [1.165, 1.54) is 33.6 Å². The smallest absolute Gasteiger partial charge is 0.275 e. The monoisotopic (exact) mass is 372 g/mol. The summed E-state index contributed by atoms with van der Waals surface area (Å²) in [6.45, 7) is 0. The Labute approximate surface area is 160 Å². The van der Waals surface area contributed by atoms with Crippen molar-refractivity contribution in [2.75, 3.05) is 5.32 Å². The zero-order chi connectivity index (χ0) is 18.4. The fourth-order valence-corrected chi connectivity index (χ4v) is 4.24. The Hall–Kier alpha value is -3.25. The minimum atomic E-state index is -0.197. The van der Waals surface area contributed by atoms with Gasteiger partial charge in [0.25, 0.3) is 5.91 Å². The van der Waals surface area contributed by atoms with Gasteiger partial charge in [0.15, 0.2) is 0 Å². The topological polar surface area (TPSA) is 59.8 Å². The summed E-state index contributed by atoms with van der Waals surface area (Å²) in [4.78, 5) is 17.0. The van der Waals surface area contributed by atoms with Crippen molar-refractivity contribution in [3.63, 3.8) is 0 Å². The van der Waals surface area contributed by atoms with Gasteiger partial charge in [-0.2, -0.15) is 5.10 Å². The number of nitrogens with zero attached hydrogens (tertiary/aromatic N) is 3. The van der Waals surface area contributed by atoms with E-state index >= 15 is 0 Å². The van der Waals surface area contributed by atoms with Crippen LogP contribution in [-0.4, -0.2) is 20.7 Å². The Morgan fingerprint density at radius 1 is 1.15 bits per heavy atom. The summed E-state index contributed by atoms with van der Waals surface area (Å²) in [5, 5.41) is 9.69. The Balaban J connectivity index is 1.36. The first-order chi connectivity index (χ1) is 13.2. The molecule has 27 heavy (non-hydrogen) atoms. The fraction of sp³-hybridized carbons (Fsp3) is 0.0952. The van der Waals surface area contributed by atoms with Crippen LogP contribution in [-0.2, 0) is 13.5 Å². The van der Waals surface area contributed by atoms with Crippen LogP contribution in [0.1, 0.15) is 21.6 Å². The molecular formula is C21H16N4OS. The summed E-state index contributed by atoms with van der Waals surface area (Å²) < 4.78 is 1.72. The third-order valence-electron chi connectivity index (χ3n) is 4.74. The maximum Gasteiger partial charge on any atom is 0.275 e. The summed E-state index contributed by atoms with van der Waals surface area (Å²) in [5.41, 5.74) is 7.23. The van der Waals surface area contributed by atoms with Gasteiger partial charge in [-0.15, -0.1) is 11.3 Å². The van der Waals surface area contributed by atoms with Gasteiger partial charge < -0.3 is 5.32 Å². The largest absolute Gasteiger partial charge is 0.321 e. The molecule has 0 fully saturated rings. The molecule has 2 aromatic carbocycles. The van der Waals surface area contributed by atoms with E-state index in [4.69, 9.17) is 0 Å². The third kappa shape index (κ3) is 2.84. The number of rotatable bonds is 3. The first kappa shape index (κ1) is 16.0. The first-order valence-corrected chi connectivity index (χ1v) is 9.52. The Morgan fingerprint density at radius 3 is 2.85 bits per heavy atom. The lowest BCUT2D eigenvalue weighted by molar-refractivity contribution is 0.102. The zero-order valence-electron chi connectivity index (χ0n) is 14.6. The number of fused-ring (bicyclic) bond motifs is 3. The van der Waals surface area contributed by atoms with Crippen LogP contribution in [0.4, 0.5) is 5.69 Å². The molecule has 0 unspecified atom stereocenters. The Bertz CT molecular complexity index is 1170. The van der Waals surface area contributed by atoms with Gasteiger partial charge in [0.05, 0.1) is 6.20 Å². The maximum absolute atomic E-state index is 12.6. The highest BCUT2D eigenvalue weighted by Crippen LogP contribution is 2.37. The number of amides is 1. The van der Waals surface area contributed by atoms with Gasteiger partial charge in [-0.1, -0.05) is 30.3 Å². The highest BCUT2D eigenvalue weighted by atomic mass is 32.1. The number of aryl methyl sites for hydroxylation is 1. The number of carbonyl (C=O) groups excluding carboxylic acids is 1. The standard InChI is InChI=1S/C21H16N4OS/c1-25-11-15(10-22-25)21-24-19(12-27-21)20(26)23-16-6-7-18-14(9-16)8-13-4-2-3-5-17(13)18/h2-7,9-12H,8H2,1H3,(H,23,26). The number of anilines is 1. The first-order valence-electron chi connectivity index (χ1n) is 8.64. The molecule has 0 saturated heterocycles. The molecule has 1 aliphatic carbocycles. The molecule has 6 heteroatoms. The lowest BCUT2D eigenvalue weighted by Gasteiger charge is -2.06. The zero-order valence-corrected chi connectivity index (χ0v) is 15.5. The van der Waals surface area contributed by atoms with Gasteiger partial charge in [-0.05, 0) is 40.8 Å². The van der Waals surface area contributed by atoms with Crippen molar-refractivity contribution in [3.8, 4) is 21.7 Å². The fourth-order valence-electron chi connectivity index (χ4n) is 3.46. The number of nitrogens with one attached hydrogen (secondary N) is 1. The number of aromatic nitrogens is 3. The van der Waals surface area contributed by atoms with Crippen LogP contribution in [0, 0.1) is 0 Å². The van der Waals surface area contributed by atoms with E-state index in [9.17, 15) is 4.79 Å². The second kappa shape index (κ2) is 6.17. The normalized spacial score (nSPS) is 11.9. The van der Waals surface area contributed by atoms with Crippen molar-refractivity contribution in [3.05, 3.63) is 77.1 Å². The summed E-state index contributed by atoms with van der Waals surface area (Å²) in [7, 11) is 1.86. The van der Waals surface area contributed by atoms with Gasteiger partial charge in [0.1, 0.15) is 10.7 Å². The Morgan fingerprint density at radius 2 is 2.00 bits per heavy atom. The van der Waals surface area contributed by atoms with Gasteiger partial charge in [0, 0.05) is 29.9 Å². The molecule has 5 nitrogen and oxygen atoms in total. The average Bonchev–Trinajstić information content (AvgIpc) is 3.38. The minimum Gasteiger partial charge on any atom is -0.321 e. The number of thiazole rings is 1. The van der Waals surface area contributed by atoms with Crippen molar-refractivity contribution >= 4 is 22.9 Å². The van der Waals surface area contributed by atoms with Crippen molar-refractivity contribution in [2.45, 2.75) is 6.42 Å². The van der Waals surface area contributed by atoms with Crippen LogP contribution in [0.5, 0.6) is 0 Å². The lowest BCUT2D eigenvalue weighted by Crippen LogP contribution is -2.12. The number of carbonyl (C=O) groups is 1. The molecule has 2 heterocycles. The molecule has 2 aromatic heterocycles. The molecule has 0 radical (unpaired) electrons. The highest BCUT2D eigenvalue weighted by molar-refractivity contribution is 7.13. The number of benzene rings is 2. The maximum atomic E-state index is 12.6. The van der Waals surface area contributed by atoms with Crippen LogP contribution in [0.25, 0.3) is 21.7 Å². The van der Waals surface area contributed by atoms with Crippen LogP contribution in [0.2, 0.25) is 0 Å². The molecule has 1 N–H and O–H groups in total. The SMILES string of the molecule is Cn1cc(-c2nc(C(=O)Nc3ccc4c(c3)Cc3ccccc3-4)cs2)cn1. The van der Waals surface area contributed by atoms with Gasteiger partial charge in [-0.25, -0.2) is 4.98 Å². The summed E-state index contributed by atoms with van der Waals surface area (Å²) in [6, 6.07) is 14.5. The van der Waals surface area contributed by atoms with Gasteiger partial charge in [0.2, 0.25) is 0 Å². The summed E-state index contributed by atoms with van der Waals surface area (Å²) in [5.74, 6) is -0.197. The van der Waals surface area contributed by atoms with E-state index in [2.05, 4.69) is 51.8 Å². The molecule has 0 aliphatic heterocycles. The number of hydrogen-bond donors (Lipinski definition) is 1. The predicted octanol–water partition coefficient (Wildman–Crippen LogP) is 4.37. The quantitative estimate of drug-likeness (QED) is 0.512. The molecule has 4 aromatic rings. The van der Waals surface area contributed by atoms with E-state index < -0.39 is 0 Å². The van der Waals surface area contributed by atoms with E-state index in [0.29, 0.717) is 5.69 Å².